The molecule has 0 radical (unpaired) electrons. The Labute approximate surface area is 147 Å². The molecular formula is C19H25N3O3. The molecule has 0 N–H and O–H groups in total. The number of ether oxygens (including phenoxy) is 1. The van der Waals surface area contributed by atoms with Gasteiger partial charge < -0.3 is 19.1 Å². The zero-order valence-electron chi connectivity index (χ0n) is 15.3. The van der Waals surface area contributed by atoms with E-state index in [-0.39, 0.29) is 6.09 Å². The van der Waals surface area contributed by atoms with Crippen molar-refractivity contribution < 1.29 is 14.3 Å². The van der Waals surface area contributed by atoms with Crippen molar-refractivity contribution >= 4 is 29.0 Å². The van der Waals surface area contributed by atoms with Crippen molar-refractivity contribution in [1.82, 2.24) is 9.47 Å². The van der Waals surface area contributed by atoms with Gasteiger partial charge in [0, 0.05) is 61.6 Å². The lowest BCUT2D eigenvalue weighted by Gasteiger charge is -2.36. The number of hydrogen-bond donors (Lipinski definition) is 0. The number of carbonyl (C=O) groups excluding carboxylic acids is 2. The van der Waals surface area contributed by atoms with E-state index in [1.54, 1.807) is 4.90 Å². The quantitative estimate of drug-likeness (QED) is 0.787. The van der Waals surface area contributed by atoms with Crippen molar-refractivity contribution in [3.63, 3.8) is 0 Å². The van der Waals surface area contributed by atoms with E-state index in [0.717, 1.165) is 36.0 Å². The molecule has 1 amide bonds. The van der Waals surface area contributed by atoms with E-state index in [9.17, 15) is 9.59 Å². The standard InChI is InChI=1S/C19H25N3O3/c1-19(2,3)25-18(24)22-9-7-21(8-10-22)15-5-6-17-16(11-15)14(13-23)12-20(17)4/h5-6,11-13H,7-10H2,1-4H3. The molecule has 1 aromatic heterocycles. The monoisotopic (exact) mass is 343 g/mol. The first-order chi connectivity index (χ1) is 11.8. The summed E-state index contributed by atoms with van der Waals surface area (Å²) >= 11 is 0. The fourth-order valence-electron chi connectivity index (χ4n) is 3.17. The first-order valence-electron chi connectivity index (χ1n) is 8.55. The van der Waals surface area contributed by atoms with Crippen molar-refractivity contribution in [1.29, 1.82) is 0 Å². The molecule has 0 saturated carbocycles. The minimum absolute atomic E-state index is 0.256. The van der Waals surface area contributed by atoms with Crippen LogP contribution in [-0.4, -0.2) is 53.6 Å². The Morgan fingerprint density at radius 1 is 1.16 bits per heavy atom. The number of aldehydes is 1. The number of rotatable bonds is 2. The zero-order valence-corrected chi connectivity index (χ0v) is 15.3. The van der Waals surface area contributed by atoms with E-state index >= 15 is 0 Å². The molecule has 6 heteroatoms. The number of anilines is 1. The lowest BCUT2D eigenvalue weighted by Crippen LogP contribution is -2.50. The zero-order chi connectivity index (χ0) is 18.2. The van der Waals surface area contributed by atoms with Crippen molar-refractivity contribution in [2.75, 3.05) is 31.1 Å². The molecule has 25 heavy (non-hydrogen) atoms. The van der Waals surface area contributed by atoms with Crippen LogP contribution in [0.4, 0.5) is 10.5 Å². The number of aromatic nitrogens is 1. The molecule has 1 aliphatic heterocycles. The van der Waals surface area contributed by atoms with Gasteiger partial charge in [-0.1, -0.05) is 0 Å². The third kappa shape index (κ3) is 3.62. The third-order valence-corrected chi connectivity index (χ3v) is 4.43. The van der Waals surface area contributed by atoms with E-state index in [1.165, 1.54) is 0 Å². The minimum atomic E-state index is -0.474. The smallest absolute Gasteiger partial charge is 0.410 e. The maximum absolute atomic E-state index is 12.2. The molecule has 1 aliphatic rings. The van der Waals surface area contributed by atoms with Crippen LogP contribution in [0.2, 0.25) is 0 Å². The van der Waals surface area contributed by atoms with Gasteiger partial charge >= 0.3 is 6.09 Å². The molecule has 134 valence electrons. The number of aryl methyl sites for hydroxylation is 1. The van der Waals surface area contributed by atoms with Gasteiger partial charge in [0.25, 0.3) is 0 Å². The number of fused-ring (bicyclic) bond motifs is 1. The summed E-state index contributed by atoms with van der Waals surface area (Å²) in [5.41, 5.74) is 2.34. The Morgan fingerprint density at radius 2 is 1.84 bits per heavy atom. The number of benzene rings is 1. The molecule has 1 saturated heterocycles. The van der Waals surface area contributed by atoms with E-state index in [4.69, 9.17) is 4.74 Å². The Bertz CT molecular complexity index is 796. The molecule has 2 aromatic rings. The summed E-state index contributed by atoms with van der Waals surface area (Å²) in [5.74, 6) is 0. The summed E-state index contributed by atoms with van der Waals surface area (Å²) in [7, 11) is 1.94. The summed E-state index contributed by atoms with van der Waals surface area (Å²) in [5, 5.41) is 0.963. The van der Waals surface area contributed by atoms with E-state index in [2.05, 4.69) is 17.0 Å². The second-order valence-corrected chi connectivity index (χ2v) is 7.47. The van der Waals surface area contributed by atoms with Gasteiger partial charge in [-0.05, 0) is 39.0 Å². The molecule has 2 heterocycles. The van der Waals surface area contributed by atoms with Gasteiger partial charge in [0.2, 0.25) is 0 Å². The average molecular weight is 343 g/mol. The lowest BCUT2D eigenvalue weighted by atomic mass is 10.1. The summed E-state index contributed by atoms with van der Waals surface area (Å²) < 4.78 is 7.40. The Balaban J connectivity index is 1.72. The highest BCUT2D eigenvalue weighted by Crippen LogP contribution is 2.26. The first kappa shape index (κ1) is 17.3. The van der Waals surface area contributed by atoms with Gasteiger partial charge in [0.1, 0.15) is 5.60 Å². The van der Waals surface area contributed by atoms with E-state index in [1.807, 2.05) is 44.6 Å². The lowest BCUT2D eigenvalue weighted by molar-refractivity contribution is 0.0240. The van der Waals surface area contributed by atoms with Crippen LogP contribution in [0.5, 0.6) is 0 Å². The maximum atomic E-state index is 12.2. The van der Waals surface area contributed by atoms with E-state index < -0.39 is 5.60 Å². The Hall–Kier alpha value is -2.50. The number of nitrogens with zero attached hydrogens (tertiary/aromatic N) is 3. The number of carbonyl (C=O) groups is 2. The van der Waals surface area contributed by atoms with Gasteiger partial charge in [-0.25, -0.2) is 4.79 Å². The molecule has 1 fully saturated rings. The molecule has 1 aromatic carbocycles. The minimum Gasteiger partial charge on any atom is -0.444 e. The largest absolute Gasteiger partial charge is 0.444 e. The van der Waals surface area contributed by atoms with E-state index in [0.29, 0.717) is 18.7 Å². The Kier molecular flexibility index (Phi) is 4.45. The highest BCUT2D eigenvalue weighted by molar-refractivity contribution is 5.99. The molecule has 6 nitrogen and oxygen atoms in total. The fraction of sp³-hybridized carbons (Fsp3) is 0.474. The SMILES string of the molecule is Cn1cc(C=O)c2cc(N3CCN(C(=O)OC(C)(C)C)CC3)ccc21. The second kappa shape index (κ2) is 6.43. The van der Waals surface area contributed by atoms with Crippen molar-refractivity contribution in [2.24, 2.45) is 7.05 Å². The van der Waals surface area contributed by atoms with Crippen molar-refractivity contribution in [3.8, 4) is 0 Å². The van der Waals surface area contributed by atoms with Crippen LogP contribution in [0.15, 0.2) is 24.4 Å². The normalized spacial score (nSPS) is 15.5. The molecule has 0 aliphatic carbocycles. The highest BCUT2D eigenvalue weighted by atomic mass is 16.6. The molecule has 3 rings (SSSR count). The fourth-order valence-corrected chi connectivity index (χ4v) is 3.17. The topological polar surface area (TPSA) is 54.8 Å². The number of amides is 1. The van der Waals surface area contributed by atoms with Gasteiger partial charge in [0.05, 0.1) is 0 Å². The molecule has 0 spiro atoms. The summed E-state index contributed by atoms with van der Waals surface area (Å²) in [4.78, 5) is 27.4. The summed E-state index contributed by atoms with van der Waals surface area (Å²) in [6.07, 6.45) is 2.49. The maximum Gasteiger partial charge on any atom is 0.410 e. The highest BCUT2D eigenvalue weighted by Gasteiger charge is 2.26. The van der Waals surface area contributed by atoms with Crippen LogP contribution >= 0.6 is 0 Å². The summed E-state index contributed by atoms with van der Waals surface area (Å²) in [6.45, 7) is 8.37. The Morgan fingerprint density at radius 3 is 2.44 bits per heavy atom. The van der Waals surface area contributed by atoms with Crippen LogP contribution in [0.25, 0.3) is 10.9 Å². The molecular weight excluding hydrogens is 318 g/mol. The second-order valence-electron chi connectivity index (χ2n) is 7.47. The average Bonchev–Trinajstić information content (AvgIpc) is 2.89. The predicted molar refractivity (Wildman–Crippen MR) is 98.3 cm³/mol. The van der Waals surface area contributed by atoms with Crippen LogP contribution in [0.1, 0.15) is 31.1 Å². The van der Waals surface area contributed by atoms with Crippen molar-refractivity contribution in [2.45, 2.75) is 26.4 Å². The van der Waals surface area contributed by atoms with Crippen LogP contribution in [0, 0.1) is 0 Å². The number of hydrogen-bond acceptors (Lipinski definition) is 4. The molecule has 0 atom stereocenters. The summed E-state index contributed by atoms with van der Waals surface area (Å²) in [6, 6.07) is 6.17. The molecule has 0 bridgehead atoms. The van der Waals surface area contributed by atoms with Crippen molar-refractivity contribution in [3.05, 3.63) is 30.0 Å². The van der Waals surface area contributed by atoms with Gasteiger partial charge in [-0.2, -0.15) is 0 Å². The van der Waals surface area contributed by atoms with Crippen LogP contribution < -0.4 is 4.90 Å². The third-order valence-electron chi connectivity index (χ3n) is 4.43. The van der Waals surface area contributed by atoms with Crippen LogP contribution in [-0.2, 0) is 11.8 Å². The molecule has 0 unspecified atom stereocenters. The van der Waals surface area contributed by atoms with Gasteiger partial charge in [-0.15, -0.1) is 0 Å². The van der Waals surface area contributed by atoms with Crippen LogP contribution in [0.3, 0.4) is 0 Å². The van der Waals surface area contributed by atoms with Gasteiger partial charge in [0.15, 0.2) is 6.29 Å². The predicted octanol–water partition coefficient (Wildman–Crippen LogP) is 3.05. The first-order valence-corrected chi connectivity index (χ1v) is 8.55. The van der Waals surface area contributed by atoms with Gasteiger partial charge in [-0.3, -0.25) is 4.79 Å². The number of piperazine rings is 1.